The summed E-state index contributed by atoms with van der Waals surface area (Å²) in [6.07, 6.45) is 2.07. The van der Waals surface area contributed by atoms with Crippen LogP contribution in [0.5, 0.6) is 0 Å². The van der Waals surface area contributed by atoms with Crippen molar-refractivity contribution in [3.05, 3.63) is 24.4 Å². The van der Waals surface area contributed by atoms with E-state index in [0.29, 0.717) is 26.2 Å². The fourth-order valence-corrected chi connectivity index (χ4v) is 5.97. The minimum Gasteiger partial charge on any atom is -0.478 e. The molecule has 0 bridgehead atoms. The average molecular weight is 439 g/mol. The SMILES string of the molecule is C=C(CCCC[Si](OCC)(OCC)OCC)C(=O)O.C=C[Si](OC)(OC)OC. The summed E-state index contributed by atoms with van der Waals surface area (Å²) in [5.74, 6) is -0.928. The van der Waals surface area contributed by atoms with Crippen LogP contribution >= 0.6 is 0 Å². The quantitative estimate of drug-likeness (QED) is 0.223. The Bertz CT molecular complexity index is 416. The molecule has 28 heavy (non-hydrogen) atoms. The molecule has 0 aliphatic carbocycles. The van der Waals surface area contributed by atoms with Crippen molar-refractivity contribution >= 4 is 23.6 Å². The van der Waals surface area contributed by atoms with Gasteiger partial charge in [-0.3, -0.25) is 0 Å². The molecule has 0 heterocycles. The van der Waals surface area contributed by atoms with Gasteiger partial charge in [0.15, 0.2) is 0 Å². The van der Waals surface area contributed by atoms with Crippen LogP contribution in [0.1, 0.15) is 40.0 Å². The number of rotatable bonds is 16. The van der Waals surface area contributed by atoms with Gasteiger partial charge in [0, 0.05) is 52.8 Å². The summed E-state index contributed by atoms with van der Waals surface area (Å²) in [5, 5.41) is 8.73. The normalized spacial score (nSPS) is 11.5. The second-order valence-corrected chi connectivity index (χ2v) is 11.1. The van der Waals surface area contributed by atoms with Gasteiger partial charge in [-0.05, 0) is 45.7 Å². The molecule has 1 N–H and O–H groups in total. The Morgan fingerprint density at radius 1 is 0.929 bits per heavy atom. The van der Waals surface area contributed by atoms with E-state index in [1.807, 2.05) is 20.8 Å². The van der Waals surface area contributed by atoms with Gasteiger partial charge in [-0.2, -0.15) is 0 Å². The van der Waals surface area contributed by atoms with E-state index < -0.39 is 23.6 Å². The summed E-state index contributed by atoms with van der Waals surface area (Å²) in [6, 6.07) is 0.718. The number of carboxylic acids is 1. The van der Waals surface area contributed by atoms with Crippen LogP contribution in [0.2, 0.25) is 6.04 Å². The first-order valence-electron chi connectivity index (χ1n) is 9.37. The van der Waals surface area contributed by atoms with Crippen LogP contribution < -0.4 is 0 Å². The van der Waals surface area contributed by atoms with Gasteiger partial charge < -0.3 is 31.7 Å². The lowest BCUT2D eigenvalue weighted by molar-refractivity contribution is -0.132. The van der Waals surface area contributed by atoms with Gasteiger partial charge in [-0.25, -0.2) is 4.79 Å². The molecule has 0 unspecified atom stereocenters. The van der Waals surface area contributed by atoms with Crippen molar-refractivity contribution in [1.82, 2.24) is 0 Å². The first kappa shape index (κ1) is 29.3. The van der Waals surface area contributed by atoms with Crippen molar-refractivity contribution in [1.29, 1.82) is 0 Å². The Hall–Kier alpha value is -0.856. The van der Waals surface area contributed by atoms with Gasteiger partial charge in [0.25, 0.3) is 0 Å². The van der Waals surface area contributed by atoms with E-state index in [1.54, 1.807) is 27.0 Å². The maximum absolute atomic E-state index is 10.6. The summed E-state index contributed by atoms with van der Waals surface area (Å²) in [5.41, 5.74) is 1.82. The van der Waals surface area contributed by atoms with Crippen LogP contribution in [-0.2, 0) is 31.4 Å². The number of aliphatic carboxylic acids is 1. The van der Waals surface area contributed by atoms with Crippen molar-refractivity contribution in [2.24, 2.45) is 0 Å². The third kappa shape index (κ3) is 11.9. The Morgan fingerprint density at radius 3 is 1.61 bits per heavy atom. The zero-order valence-electron chi connectivity index (χ0n) is 18.2. The van der Waals surface area contributed by atoms with Gasteiger partial charge in [-0.1, -0.05) is 13.2 Å². The molecule has 10 heteroatoms. The average Bonchev–Trinajstić information content (AvgIpc) is 2.68. The van der Waals surface area contributed by atoms with Crippen LogP contribution in [-0.4, -0.2) is 69.8 Å². The van der Waals surface area contributed by atoms with E-state index in [-0.39, 0.29) is 5.57 Å². The fraction of sp³-hybridized carbons (Fsp3) is 0.722. The van der Waals surface area contributed by atoms with E-state index >= 15 is 0 Å². The highest BCUT2D eigenvalue weighted by atomic mass is 28.4. The lowest BCUT2D eigenvalue weighted by Crippen LogP contribution is -2.45. The summed E-state index contributed by atoms with van der Waals surface area (Å²) in [6.45, 7) is 14.5. The molecule has 0 saturated carbocycles. The van der Waals surface area contributed by atoms with Crippen LogP contribution in [0, 0.1) is 0 Å². The minimum absolute atomic E-state index is 0.247. The Kier molecular flexibility index (Phi) is 17.9. The van der Waals surface area contributed by atoms with Gasteiger partial charge in [0.05, 0.1) is 0 Å². The molecule has 8 nitrogen and oxygen atoms in total. The molecule has 0 rings (SSSR count). The zero-order chi connectivity index (χ0) is 22.1. The maximum Gasteiger partial charge on any atom is 0.528 e. The largest absolute Gasteiger partial charge is 0.528 e. The van der Waals surface area contributed by atoms with Crippen molar-refractivity contribution in [2.75, 3.05) is 41.2 Å². The van der Waals surface area contributed by atoms with Gasteiger partial charge in [0.1, 0.15) is 0 Å². The first-order valence-corrected chi connectivity index (χ1v) is 13.1. The topological polar surface area (TPSA) is 92.7 Å². The van der Waals surface area contributed by atoms with Crippen molar-refractivity contribution in [3.63, 3.8) is 0 Å². The standard InChI is InChI=1S/C13H26O5Si.C5H12O3Si/c1-5-16-19(17-6-2,18-7-3)11-9-8-10-12(4)13(14)15;1-5-9(6-2,7-3)8-4/h4-11H2,1-3H3,(H,14,15);5H,1H2,2-4H3. The molecule has 0 aromatic carbocycles. The van der Waals surface area contributed by atoms with E-state index in [9.17, 15) is 4.79 Å². The first-order chi connectivity index (χ1) is 13.3. The third-order valence-corrected chi connectivity index (χ3v) is 9.07. The maximum atomic E-state index is 10.6. The molecule has 0 spiro atoms. The van der Waals surface area contributed by atoms with Gasteiger partial charge >= 0.3 is 23.6 Å². The molecule has 0 aliphatic rings. The molecule has 0 fully saturated rings. The second-order valence-electron chi connectivity index (χ2n) is 5.52. The predicted octanol–water partition coefficient (Wildman–Crippen LogP) is 3.44. The van der Waals surface area contributed by atoms with Crippen LogP contribution in [0.4, 0.5) is 0 Å². The van der Waals surface area contributed by atoms with Crippen molar-refractivity contribution in [3.8, 4) is 0 Å². The van der Waals surface area contributed by atoms with Gasteiger partial charge in [0.2, 0.25) is 0 Å². The number of carbonyl (C=O) groups is 1. The molecular weight excluding hydrogens is 400 g/mol. The highest BCUT2D eigenvalue weighted by Crippen LogP contribution is 2.20. The minimum atomic E-state index is -2.57. The summed E-state index contributed by atoms with van der Waals surface area (Å²) < 4.78 is 32.0. The molecule has 0 aromatic rings. The van der Waals surface area contributed by atoms with E-state index in [0.717, 1.165) is 18.9 Å². The van der Waals surface area contributed by atoms with E-state index in [1.165, 1.54) is 0 Å². The molecule has 0 radical (unpaired) electrons. The lowest BCUT2D eigenvalue weighted by atomic mass is 10.1. The zero-order valence-corrected chi connectivity index (χ0v) is 20.2. The van der Waals surface area contributed by atoms with Crippen LogP contribution in [0.3, 0.4) is 0 Å². The lowest BCUT2D eigenvalue weighted by Gasteiger charge is -2.28. The molecule has 0 amide bonds. The number of hydrogen-bond acceptors (Lipinski definition) is 7. The summed E-state index contributed by atoms with van der Waals surface area (Å²) in [7, 11) is -0.372. The Balaban J connectivity index is 0. The molecule has 166 valence electrons. The Labute approximate surface area is 172 Å². The second kappa shape index (κ2) is 17.0. The van der Waals surface area contributed by atoms with E-state index in [4.69, 9.17) is 31.7 Å². The Morgan fingerprint density at radius 2 is 1.36 bits per heavy atom. The molecule has 0 atom stereocenters. The van der Waals surface area contributed by atoms with E-state index in [2.05, 4.69) is 13.2 Å². The summed E-state index contributed by atoms with van der Waals surface area (Å²) >= 11 is 0. The fourth-order valence-electron chi connectivity index (χ4n) is 2.29. The predicted molar refractivity (Wildman–Crippen MR) is 113 cm³/mol. The molecule has 0 saturated heterocycles. The third-order valence-electron chi connectivity index (χ3n) is 3.71. The highest BCUT2D eigenvalue weighted by Gasteiger charge is 2.39. The number of hydrogen-bond donors (Lipinski definition) is 1. The summed E-state index contributed by atoms with van der Waals surface area (Å²) in [4.78, 5) is 10.6. The van der Waals surface area contributed by atoms with Crippen molar-refractivity contribution in [2.45, 2.75) is 46.1 Å². The molecule has 0 aliphatic heterocycles. The van der Waals surface area contributed by atoms with Crippen LogP contribution in [0.15, 0.2) is 24.4 Å². The van der Waals surface area contributed by atoms with Crippen molar-refractivity contribution < 1.29 is 36.5 Å². The number of unbranched alkanes of at least 4 members (excludes halogenated alkanes) is 1. The highest BCUT2D eigenvalue weighted by molar-refractivity contribution is 6.66. The van der Waals surface area contributed by atoms with Crippen LogP contribution in [0.25, 0.3) is 0 Å². The smallest absolute Gasteiger partial charge is 0.478 e. The number of carboxylic acid groups (broad SMARTS) is 1. The molecule has 0 aromatic heterocycles. The monoisotopic (exact) mass is 438 g/mol. The van der Waals surface area contributed by atoms with Gasteiger partial charge in [-0.15, -0.1) is 0 Å². The molecular formula is C18H38O8Si2.